The van der Waals surface area contributed by atoms with E-state index >= 15 is 0 Å². The number of thioether (sulfide) groups is 1. The summed E-state index contributed by atoms with van der Waals surface area (Å²) < 4.78 is 1.12. The Morgan fingerprint density at radius 3 is 2.95 bits per heavy atom. The number of fused-ring (bicyclic) bond motifs is 1. The van der Waals surface area contributed by atoms with Gasteiger partial charge in [-0.3, -0.25) is 4.79 Å². The summed E-state index contributed by atoms with van der Waals surface area (Å²) in [6.07, 6.45) is 0. The predicted octanol–water partition coefficient (Wildman–Crippen LogP) is 4.41. The first-order valence-corrected chi connectivity index (χ1v) is 8.45. The molecule has 1 amide bonds. The fraction of sp³-hybridized carbons (Fsp3) is 0.188. The van der Waals surface area contributed by atoms with Crippen LogP contribution in [0.25, 0.3) is 0 Å². The van der Waals surface area contributed by atoms with Crippen molar-refractivity contribution < 1.29 is 4.79 Å². The van der Waals surface area contributed by atoms with Crippen molar-refractivity contribution in [1.82, 2.24) is 0 Å². The van der Waals surface area contributed by atoms with Gasteiger partial charge in [0.25, 0.3) is 0 Å². The molecule has 0 aliphatic carbocycles. The standard InChI is InChI=1S/C16H15BrN2OS/c1-10-6-11(2-4-13(10)17)8-18-12-3-5-15-14(7-12)19-16(20)9-21-15/h2-7,18H,8-9H2,1H3,(H,19,20). The maximum atomic E-state index is 11.4. The summed E-state index contributed by atoms with van der Waals surface area (Å²) in [5, 5.41) is 6.31. The number of nitrogens with one attached hydrogen (secondary N) is 2. The topological polar surface area (TPSA) is 41.1 Å². The number of hydrogen-bond acceptors (Lipinski definition) is 3. The molecule has 2 aromatic carbocycles. The number of benzene rings is 2. The zero-order chi connectivity index (χ0) is 14.8. The van der Waals surface area contributed by atoms with Crippen molar-refractivity contribution in [3.63, 3.8) is 0 Å². The second-order valence-corrected chi connectivity index (χ2v) is 6.86. The number of anilines is 2. The van der Waals surface area contributed by atoms with Crippen LogP contribution in [0, 0.1) is 6.92 Å². The Morgan fingerprint density at radius 2 is 2.14 bits per heavy atom. The van der Waals surface area contributed by atoms with E-state index in [2.05, 4.69) is 63.8 Å². The Morgan fingerprint density at radius 1 is 1.29 bits per heavy atom. The molecule has 0 unspecified atom stereocenters. The normalized spacial score (nSPS) is 13.5. The zero-order valence-electron chi connectivity index (χ0n) is 11.6. The van der Waals surface area contributed by atoms with E-state index in [1.807, 2.05) is 6.07 Å². The summed E-state index contributed by atoms with van der Waals surface area (Å²) in [6, 6.07) is 12.4. The molecular weight excluding hydrogens is 348 g/mol. The summed E-state index contributed by atoms with van der Waals surface area (Å²) in [7, 11) is 0. The number of carbonyl (C=O) groups excluding carboxylic acids is 1. The van der Waals surface area contributed by atoms with Gasteiger partial charge < -0.3 is 10.6 Å². The maximum Gasteiger partial charge on any atom is 0.234 e. The Kier molecular flexibility index (Phi) is 4.22. The Balaban J connectivity index is 1.72. The molecule has 0 atom stereocenters. The molecule has 0 saturated heterocycles. The molecule has 2 aromatic rings. The molecule has 3 nitrogen and oxygen atoms in total. The number of halogens is 1. The minimum Gasteiger partial charge on any atom is -0.381 e. The number of hydrogen-bond donors (Lipinski definition) is 2. The summed E-state index contributed by atoms with van der Waals surface area (Å²) in [5.41, 5.74) is 4.36. The van der Waals surface area contributed by atoms with Gasteiger partial charge >= 0.3 is 0 Å². The van der Waals surface area contributed by atoms with Gasteiger partial charge in [-0.2, -0.15) is 0 Å². The van der Waals surface area contributed by atoms with Crippen LogP contribution in [0.2, 0.25) is 0 Å². The second kappa shape index (κ2) is 6.12. The lowest BCUT2D eigenvalue weighted by Gasteiger charge is -2.17. The Hall–Kier alpha value is -1.46. The highest BCUT2D eigenvalue weighted by Crippen LogP contribution is 2.33. The molecule has 1 heterocycles. The van der Waals surface area contributed by atoms with E-state index in [4.69, 9.17) is 0 Å². The fourth-order valence-electron chi connectivity index (χ4n) is 2.21. The summed E-state index contributed by atoms with van der Waals surface area (Å²) in [6.45, 7) is 2.84. The van der Waals surface area contributed by atoms with Crippen molar-refractivity contribution in [2.24, 2.45) is 0 Å². The SMILES string of the molecule is Cc1cc(CNc2ccc3c(c2)NC(=O)CS3)ccc1Br. The monoisotopic (exact) mass is 362 g/mol. The number of aryl methyl sites for hydroxylation is 1. The van der Waals surface area contributed by atoms with Crippen LogP contribution in [-0.2, 0) is 11.3 Å². The largest absolute Gasteiger partial charge is 0.381 e. The van der Waals surface area contributed by atoms with Crippen molar-refractivity contribution in [2.45, 2.75) is 18.4 Å². The summed E-state index contributed by atoms with van der Waals surface area (Å²) >= 11 is 5.09. The molecule has 21 heavy (non-hydrogen) atoms. The van der Waals surface area contributed by atoms with E-state index < -0.39 is 0 Å². The summed E-state index contributed by atoms with van der Waals surface area (Å²) in [5.74, 6) is 0.561. The first kappa shape index (κ1) is 14.5. The number of carbonyl (C=O) groups is 1. The third-order valence-electron chi connectivity index (χ3n) is 3.33. The van der Waals surface area contributed by atoms with Crippen LogP contribution in [0.4, 0.5) is 11.4 Å². The molecule has 1 aliphatic rings. The van der Waals surface area contributed by atoms with Crippen LogP contribution >= 0.6 is 27.7 Å². The maximum absolute atomic E-state index is 11.4. The van der Waals surface area contributed by atoms with Crippen molar-refractivity contribution in [3.8, 4) is 0 Å². The first-order chi connectivity index (χ1) is 10.1. The van der Waals surface area contributed by atoms with E-state index in [-0.39, 0.29) is 5.91 Å². The number of rotatable bonds is 3. The molecule has 3 rings (SSSR count). The highest BCUT2D eigenvalue weighted by molar-refractivity contribution is 9.10. The van der Waals surface area contributed by atoms with Gasteiger partial charge in [0.05, 0.1) is 11.4 Å². The van der Waals surface area contributed by atoms with Gasteiger partial charge in [-0.15, -0.1) is 11.8 Å². The van der Waals surface area contributed by atoms with Gasteiger partial charge in [0.2, 0.25) is 5.91 Å². The average molecular weight is 363 g/mol. The lowest BCUT2D eigenvalue weighted by molar-refractivity contribution is -0.113. The lowest BCUT2D eigenvalue weighted by atomic mass is 10.1. The quantitative estimate of drug-likeness (QED) is 0.849. The molecule has 2 N–H and O–H groups in total. The van der Waals surface area contributed by atoms with Crippen molar-refractivity contribution in [3.05, 3.63) is 52.0 Å². The third-order valence-corrected chi connectivity index (χ3v) is 5.29. The molecule has 0 radical (unpaired) electrons. The molecule has 108 valence electrons. The van der Waals surface area contributed by atoms with Gasteiger partial charge in [0.15, 0.2) is 0 Å². The zero-order valence-corrected chi connectivity index (χ0v) is 14.0. The van der Waals surface area contributed by atoms with Crippen molar-refractivity contribution >= 4 is 45.0 Å². The molecule has 0 spiro atoms. The minimum atomic E-state index is 0.0631. The smallest absolute Gasteiger partial charge is 0.234 e. The first-order valence-electron chi connectivity index (χ1n) is 6.67. The van der Waals surface area contributed by atoms with Gasteiger partial charge in [0, 0.05) is 21.6 Å². The van der Waals surface area contributed by atoms with Crippen LogP contribution in [-0.4, -0.2) is 11.7 Å². The molecule has 0 bridgehead atoms. The van der Waals surface area contributed by atoms with Crippen LogP contribution in [0.3, 0.4) is 0 Å². The molecule has 1 aliphatic heterocycles. The van der Waals surface area contributed by atoms with E-state index in [1.165, 1.54) is 11.1 Å². The van der Waals surface area contributed by atoms with Gasteiger partial charge in [-0.05, 0) is 42.3 Å². The number of amides is 1. The van der Waals surface area contributed by atoms with Crippen molar-refractivity contribution in [2.75, 3.05) is 16.4 Å². The average Bonchev–Trinajstić information content (AvgIpc) is 2.48. The van der Waals surface area contributed by atoms with Crippen LogP contribution in [0.15, 0.2) is 45.8 Å². The van der Waals surface area contributed by atoms with Crippen LogP contribution in [0.5, 0.6) is 0 Å². The van der Waals surface area contributed by atoms with E-state index in [1.54, 1.807) is 11.8 Å². The molecular formula is C16H15BrN2OS. The van der Waals surface area contributed by atoms with Gasteiger partial charge in [0.1, 0.15) is 0 Å². The highest BCUT2D eigenvalue weighted by Gasteiger charge is 2.15. The Labute approximate surface area is 136 Å². The van der Waals surface area contributed by atoms with E-state index in [0.29, 0.717) is 5.75 Å². The molecule has 0 saturated carbocycles. The molecule has 5 heteroatoms. The molecule has 0 aromatic heterocycles. The second-order valence-electron chi connectivity index (χ2n) is 4.98. The van der Waals surface area contributed by atoms with Gasteiger partial charge in [-0.1, -0.05) is 28.1 Å². The van der Waals surface area contributed by atoms with Gasteiger partial charge in [-0.25, -0.2) is 0 Å². The summed E-state index contributed by atoms with van der Waals surface area (Å²) in [4.78, 5) is 12.6. The Bertz CT molecular complexity index is 703. The van der Waals surface area contributed by atoms with Crippen molar-refractivity contribution in [1.29, 1.82) is 0 Å². The minimum absolute atomic E-state index is 0.0631. The van der Waals surface area contributed by atoms with Crippen LogP contribution < -0.4 is 10.6 Å². The molecule has 0 fully saturated rings. The lowest BCUT2D eigenvalue weighted by Crippen LogP contribution is -2.18. The third kappa shape index (κ3) is 3.41. The van der Waals surface area contributed by atoms with E-state index in [0.717, 1.165) is 27.3 Å². The highest BCUT2D eigenvalue weighted by atomic mass is 79.9. The van der Waals surface area contributed by atoms with Crippen LogP contribution in [0.1, 0.15) is 11.1 Å². The fourth-order valence-corrected chi connectivity index (χ4v) is 3.25. The predicted molar refractivity (Wildman–Crippen MR) is 92.0 cm³/mol. The van der Waals surface area contributed by atoms with E-state index in [9.17, 15) is 4.79 Å².